The van der Waals surface area contributed by atoms with Gasteiger partial charge >= 0.3 is 0 Å². The van der Waals surface area contributed by atoms with Crippen molar-refractivity contribution in [2.24, 2.45) is 0 Å². The van der Waals surface area contributed by atoms with Crippen LogP contribution in [0.5, 0.6) is 5.75 Å². The lowest BCUT2D eigenvalue weighted by Crippen LogP contribution is -2.33. The Balaban J connectivity index is 2.72. The van der Waals surface area contributed by atoms with E-state index in [9.17, 15) is 14.7 Å². The molecule has 1 rings (SSSR count). The zero-order valence-corrected chi connectivity index (χ0v) is 11.8. The zero-order chi connectivity index (χ0) is 15.0. The lowest BCUT2D eigenvalue weighted by Gasteiger charge is -2.18. The summed E-state index contributed by atoms with van der Waals surface area (Å²) in [6.07, 6.45) is 1.89. The largest absolute Gasteiger partial charge is 0.549 e. The molecule has 0 spiro atoms. The second-order valence-corrected chi connectivity index (χ2v) is 4.52. The Hall–Kier alpha value is -2.04. The molecule has 0 aliphatic carbocycles. The van der Waals surface area contributed by atoms with E-state index in [1.165, 1.54) is 7.05 Å². The number of carboxylic acid groups (broad SMARTS) is 1. The van der Waals surface area contributed by atoms with Crippen molar-refractivity contribution in [2.75, 3.05) is 13.7 Å². The van der Waals surface area contributed by atoms with E-state index in [0.717, 1.165) is 12.8 Å². The summed E-state index contributed by atoms with van der Waals surface area (Å²) in [6.45, 7) is 2.72. The first kappa shape index (κ1) is 16.0. The van der Waals surface area contributed by atoms with Crippen molar-refractivity contribution in [3.63, 3.8) is 0 Å². The number of hydrogen-bond donors (Lipinski definition) is 1. The molecule has 0 saturated carbocycles. The van der Waals surface area contributed by atoms with Gasteiger partial charge in [0.05, 0.1) is 6.61 Å². The van der Waals surface area contributed by atoms with Crippen LogP contribution in [0.3, 0.4) is 0 Å². The van der Waals surface area contributed by atoms with Crippen molar-refractivity contribution < 1.29 is 19.4 Å². The molecule has 1 amide bonds. The monoisotopic (exact) mass is 278 g/mol. The third-order valence-corrected chi connectivity index (χ3v) is 3.00. The van der Waals surface area contributed by atoms with Crippen molar-refractivity contribution >= 4 is 11.9 Å². The molecule has 0 heterocycles. The number of unbranched alkanes of at least 4 members (excludes halogenated alkanes) is 1. The maximum Gasteiger partial charge on any atom is 0.220 e. The number of rotatable bonds is 8. The van der Waals surface area contributed by atoms with Gasteiger partial charge in [0.1, 0.15) is 5.75 Å². The Morgan fingerprint density at radius 1 is 1.30 bits per heavy atom. The van der Waals surface area contributed by atoms with Crippen molar-refractivity contribution in [1.29, 1.82) is 0 Å². The third kappa shape index (κ3) is 4.91. The maximum atomic E-state index is 11.3. The lowest BCUT2D eigenvalue weighted by molar-refractivity contribution is -0.308. The highest BCUT2D eigenvalue weighted by atomic mass is 16.5. The molecule has 1 atom stereocenters. The number of benzene rings is 1. The molecule has 5 nitrogen and oxygen atoms in total. The van der Waals surface area contributed by atoms with Crippen LogP contribution < -0.4 is 15.2 Å². The lowest BCUT2D eigenvalue weighted by atomic mass is 9.95. The molecule has 110 valence electrons. The van der Waals surface area contributed by atoms with E-state index in [-0.39, 0.29) is 12.3 Å². The van der Waals surface area contributed by atoms with E-state index in [4.69, 9.17) is 4.74 Å². The first-order valence-corrected chi connectivity index (χ1v) is 6.72. The van der Waals surface area contributed by atoms with Gasteiger partial charge in [0.2, 0.25) is 5.91 Å². The highest BCUT2D eigenvalue weighted by molar-refractivity contribution is 5.84. The third-order valence-electron chi connectivity index (χ3n) is 3.00. The number of amides is 1. The van der Waals surface area contributed by atoms with Crippen molar-refractivity contribution in [2.45, 2.75) is 32.1 Å². The van der Waals surface area contributed by atoms with Crippen molar-refractivity contribution in [1.82, 2.24) is 5.32 Å². The smallest absolute Gasteiger partial charge is 0.220 e. The van der Waals surface area contributed by atoms with Gasteiger partial charge in [-0.1, -0.05) is 25.5 Å². The summed E-state index contributed by atoms with van der Waals surface area (Å²) in [4.78, 5) is 22.4. The minimum Gasteiger partial charge on any atom is -0.549 e. The maximum absolute atomic E-state index is 11.3. The topological polar surface area (TPSA) is 78.5 Å². The van der Waals surface area contributed by atoms with E-state index < -0.39 is 11.9 Å². The van der Waals surface area contributed by atoms with Crippen LogP contribution in [0.1, 0.15) is 37.7 Å². The van der Waals surface area contributed by atoms with E-state index in [1.54, 1.807) is 24.3 Å². The van der Waals surface area contributed by atoms with Gasteiger partial charge in [0.15, 0.2) is 0 Å². The number of aliphatic carboxylic acids is 1. The van der Waals surface area contributed by atoms with Crippen molar-refractivity contribution in [3.05, 3.63) is 29.8 Å². The molecular formula is C15H20NO4-. The average Bonchev–Trinajstić information content (AvgIpc) is 2.45. The van der Waals surface area contributed by atoms with Crippen LogP contribution in [-0.4, -0.2) is 25.5 Å². The predicted octanol–water partition coefficient (Wildman–Crippen LogP) is 0.835. The van der Waals surface area contributed by atoms with Gasteiger partial charge in [-0.05, 0) is 24.1 Å². The summed E-state index contributed by atoms with van der Waals surface area (Å²) in [5.41, 5.74) is 0.538. The first-order valence-electron chi connectivity index (χ1n) is 6.72. The minimum atomic E-state index is -1.26. The normalized spacial score (nSPS) is 11.7. The molecule has 0 aliphatic rings. The number of carboxylic acids is 1. The van der Waals surface area contributed by atoms with Gasteiger partial charge < -0.3 is 20.0 Å². The van der Waals surface area contributed by atoms with E-state index in [2.05, 4.69) is 12.2 Å². The van der Waals surface area contributed by atoms with Crippen LogP contribution in [0, 0.1) is 0 Å². The van der Waals surface area contributed by atoms with Gasteiger partial charge in [-0.3, -0.25) is 4.79 Å². The molecule has 0 aromatic heterocycles. The first-order chi connectivity index (χ1) is 9.58. The molecule has 0 unspecified atom stereocenters. The molecule has 0 saturated heterocycles. The molecule has 1 N–H and O–H groups in total. The number of nitrogens with one attached hydrogen (secondary N) is 1. The summed E-state index contributed by atoms with van der Waals surface area (Å²) in [5, 5.41) is 13.5. The minimum absolute atomic E-state index is 0.130. The van der Waals surface area contributed by atoms with Crippen LogP contribution in [0.15, 0.2) is 24.3 Å². The van der Waals surface area contributed by atoms with Crippen LogP contribution in [0.2, 0.25) is 0 Å². The molecular weight excluding hydrogens is 258 g/mol. The Labute approximate surface area is 118 Å². The highest BCUT2D eigenvalue weighted by Gasteiger charge is 2.16. The molecule has 0 bridgehead atoms. The van der Waals surface area contributed by atoms with E-state index >= 15 is 0 Å². The van der Waals surface area contributed by atoms with Gasteiger partial charge in [-0.2, -0.15) is 0 Å². The molecule has 20 heavy (non-hydrogen) atoms. The van der Waals surface area contributed by atoms with Crippen LogP contribution in [-0.2, 0) is 9.59 Å². The zero-order valence-electron chi connectivity index (χ0n) is 11.8. The Bertz CT molecular complexity index is 442. The fraction of sp³-hybridized carbons (Fsp3) is 0.467. The number of carbonyl (C=O) groups excluding carboxylic acids is 2. The van der Waals surface area contributed by atoms with Gasteiger partial charge in [0, 0.05) is 25.4 Å². The Kier molecular flexibility index (Phi) is 6.56. The van der Waals surface area contributed by atoms with Gasteiger partial charge in [0.25, 0.3) is 0 Å². The summed E-state index contributed by atoms with van der Waals surface area (Å²) < 4.78 is 5.50. The second kappa shape index (κ2) is 8.19. The fourth-order valence-corrected chi connectivity index (χ4v) is 1.76. The average molecular weight is 278 g/mol. The van der Waals surface area contributed by atoms with Crippen LogP contribution >= 0.6 is 0 Å². The number of hydrogen-bond acceptors (Lipinski definition) is 4. The van der Waals surface area contributed by atoms with Gasteiger partial charge in [-0.15, -0.1) is 0 Å². The molecule has 5 heteroatoms. The highest BCUT2D eigenvalue weighted by Crippen LogP contribution is 2.22. The van der Waals surface area contributed by atoms with Gasteiger partial charge in [-0.25, -0.2) is 0 Å². The molecule has 1 aromatic carbocycles. The van der Waals surface area contributed by atoms with E-state index in [1.807, 2.05) is 0 Å². The number of ether oxygens (including phenoxy) is 1. The molecule has 0 radical (unpaired) electrons. The summed E-state index contributed by atoms with van der Waals surface area (Å²) in [5.74, 6) is -1.84. The van der Waals surface area contributed by atoms with Crippen LogP contribution in [0.4, 0.5) is 0 Å². The molecule has 0 fully saturated rings. The fourth-order valence-electron chi connectivity index (χ4n) is 1.76. The summed E-state index contributed by atoms with van der Waals surface area (Å²) in [6, 6.07) is 6.74. The summed E-state index contributed by atoms with van der Waals surface area (Å²) >= 11 is 0. The SMILES string of the molecule is CCCCOc1ccc([C@H](CC(=O)NC)C(=O)[O-])cc1. The van der Waals surface area contributed by atoms with Crippen LogP contribution in [0.25, 0.3) is 0 Å². The molecule has 0 aliphatic heterocycles. The standard InChI is InChI=1S/C15H21NO4/c1-3-4-9-20-12-7-5-11(6-8-12)13(15(18)19)10-14(17)16-2/h5-8,13H,3-4,9-10H2,1-2H3,(H,16,17)(H,18,19)/p-1/t13-/m0/s1. The molecule has 1 aromatic rings. The Morgan fingerprint density at radius 3 is 2.45 bits per heavy atom. The van der Waals surface area contributed by atoms with E-state index in [0.29, 0.717) is 17.9 Å². The second-order valence-electron chi connectivity index (χ2n) is 4.52. The Morgan fingerprint density at radius 2 is 1.95 bits per heavy atom. The summed E-state index contributed by atoms with van der Waals surface area (Å²) in [7, 11) is 1.47. The van der Waals surface area contributed by atoms with Crippen molar-refractivity contribution in [3.8, 4) is 5.75 Å². The predicted molar refractivity (Wildman–Crippen MR) is 73.3 cm³/mol. The number of carbonyl (C=O) groups is 2. The quantitative estimate of drug-likeness (QED) is 0.715.